The van der Waals surface area contributed by atoms with Gasteiger partial charge in [0.05, 0.1) is 9.82 Å². The van der Waals surface area contributed by atoms with Gasteiger partial charge in [-0.1, -0.05) is 29.9 Å². The second-order valence-electron chi connectivity index (χ2n) is 7.16. The number of anilines is 1. The fourth-order valence-electron chi connectivity index (χ4n) is 3.34. The molecule has 1 amide bonds. The lowest BCUT2D eigenvalue weighted by Gasteiger charge is -2.25. The van der Waals surface area contributed by atoms with Crippen molar-refractivity contribution in [2.24, 2.45) is 0 Å². The average molecular weight is 474 g/mol. The van der Waals surface area contributed by atoms with Gasteiger partial charge in [-0.25, -0.2) is 8.42 Å². The molecule has 0 atom stereocenters. The molecule has 2 heterocycles. The zero-order valence-corrected chi connectivity index (χ0v) is 18.4. The molecule has 0 bridgehead atoms. The highest BCUT2D eigenvalue weighted by atomic mass is 32.2. The molecule has 1 aliphatic rings. The number of hydrogen-bond donors (Lipinski definition) is 1. The largest absolute Gasteiger partial charge is 0.296 e. The van der Waals surface area contributed by atoms with Gasteiger partial charge in [0.25, 0.3) is 11.6 Å². The number of hydrogen-bond acceptors (Lipinski definition) is 8. The van der Waals surface area contributed by atoms with Crippen molar-refractivity contribution in [3.8, 4) is 10.6 Å². The molecule has 0 spiro atoms. The van der Waals surface area contributed by atoms with Crippen LogP contribution in [0.4, 0.5) is 10.8 Å². The molecule has 0 unspecified atom stereocenters. The molecule has 4 rings (SSSR count). The Labute approximate surface area is 188 Å². The molecule has 2 aromatic carbocycles. The van der Waals surface area contributed by atoms with Crippen molar-refractivity contribution >= 4 is 38.1 Å². The minimum atomic E-state index is -3.57. The molecular formula is C20H19N5O5S2. The van der Waals surface area contributed by atoms with Gasteiger partial charge in [-0.2, -0.15) is 4.31 Å². The maximum absolute atomic E-state index is 12.7. The molecule has 1 aliphatic heterocycles. The molecule has 3 aromatic rings. The molecular weight excluding hydrogens is 454 g/mol. The molecule has 0 saturated carbocycles. The number of non-ortho nitro benzene ring substituents is 1. The van der Waals surface area contributed by atoms with Crippen LogP contribution in [0.3, 0.4) is 0 Å². The third kappa shape index (κ3) is 4.66. The van der Waals surface area contributed by atoms with E-state index in [0.29, 0.717) is 23.7 Å². The number of nitro groups is 1. The van der Waals surface area contributed by atoms with Gasteiger partial charge in [-0.05, 0) is 37.1 Å². The van der Waals surface area contributed by atoms with Crippen LogP contribution in [-0.4, -0.2) is 46.8 Å². The van der Waals surface area contributed by atoms with E-state index >= 15 is 0 Å². The summed E-state index contributed by atoms with van der Waals surface area (Å²) < 4.78 is 26.9. The summed E-state index contributed by atoms with van der Waals surface area (Å²) in [6, 6.07) is 11.7. The molecule has 1 saturated heterocycles. The van der Waals surface area contributed by atoms with Gasteiger partial charge in [0.1, 0.15) is 5.01 Å². The minimum Gasteiger partial charge on any atom is -0.296 e. The summed E-state index contributed by atoms with van der Waals surface area (Å²) in [6.07, 6.45) is 2.72. The quantitative estimate of drug-likeness (QED) is 0.427. The van der Waals surface area contributed by atoms with Gasteiger partial charge in [0.15, 0.2) is 0 Å². The van der Waals surface area contributed by atoms with E-state index in [1.807, 2.05) is 0 Å². The Morgan fingerprint density at radius 3 is 2.47 bits per heavy atom. The van der Waals surface area contributed by atoms with E-state index in [1.165, 1.54) is 40.7 Å². The van der Waals surface area contributed by atoms with E-state index in [9.17, 15) is 23.3 Å². The highest BCUT2D eigenvalue weighted by Gasteiger charge is 2.26. The smallest absolute Gasteiger partial charge is 0.270 e. The molecule has 0 aliphatic carbocycles. The third-order valence-corrected chi connectivity index (χ3v) is 7.82. The van der Waals surface area contributed by atoms with Gasteiger partial charge < -0.3 is 0 Å². The fraction of sp³-hybridized carbons (Fsp3) is 0.250. The highest BCUT2D eigenvalue weighted by Crippen LogP contribution is 2.29. The highest BCUT2D eigenvalue weighted by molar-refractivity contribution is 7.89. The fourth-order valence-corrected chi connectivity index (χ4v) is 5.60. The second-order valence-corrected chi connectivity index (χ2v) is 10.1. The molecule has 12 heteroatoms. The molecule has 166 valence electrons. The Hall–Kier alpha value is -3.22. The minimum absolute atomic E-state index is 0.0668. The van der Waals surface area contributed by atoms with E-state index in [0.717, 1.165) is 30.6 Å². The van der Waals surface area contributed by atoms with Crippen molar-refractivity contribution in [1.82, 2.24) is 14.5 Å². The van der Waals surface area contributed by atoms with Crippen LogP contribution >= 0.6 is 11.3 Å². The summed E-state index contributed by atoms with van der Waals surface area (Å²) in [5.41, 5.74) is 0.724. The van der Waals surface area contributed by atoms with E-state index in [-0.39, 0.29) is 21.3 Å². The Kier molecular flexibility index (Phi) is 6.26. The number of nitro benzene ring substituents is 1. The van der Waals surface area contributed by atoms with E-state index < -0.39 is 20.9 Å². The average Bonchev–Trinajstić information content (AvgIpc) is 3.28. The summed E-state index contributed by atoms with van der Waals surface area (Å²) in [4.78, 5) is 23.1. The topological polar surface area (TPSA) is 135 Å². The monoisotopic (exact) mass is 473 g/mol. The number of benzene rings is 2. The van der Waals surface area contributed by atoms with Crippen LogP contribution in [0.5, 0.6) is 0 Å². The van der Waals surface area contributed by atoms with Gasteiger partial charge in [-0.3, -0.25) is 20.2 Å². The van der Waals surface area contributed by atoms with Crippen molar-refractivity contribution in [1.29, 1.82) is 0 Å². The van der Waals surface area contributed by atoms with Crippen LogP contribution < -0.4 is 5.32 Å². The first-order chi connectivity index (χ1) is 15.3. The lowest BCUT2D eigenvalue weighted by molar-refractivity contribution is -0.384. The van der Waals surface area contributed by atoms with Crippen LogP contribution in [-0.2, 0) is 10.0 Å². The predicted octanol–water partition coefficient (Wildman–Crippen LogP) is 3.54. The van der Waals surface area contributed by atoms with Crippen LogP contribution in [0.1, 0.15) is 29.6 Å². The SMILES string of the molecule is O=C(Nc1nnc(-c2cccc([N+](=O)[O-])c2)s1)c1ccc(S(=O)(=O)N2CCCCC2)cc1. The Morgan fingerprint density at radius 2 is 1.78 bits per heavy atom. The van der Waals surface area contributed by atoms with Crippen molar-refractivity contribution in [2.75, 3.05) is 18.4 Å². The summed E-state index contributed by atoms with van der Waals surface area (Å²) >= 11 is 1.08. The predicted molar refractivity (Wildman–Crippen MR) is 119 cm³/mol. The number of piperidine rings is 1. The van der Waals surface area contributed by atoms with E-state index in [1.54, 1.807) is 12.1 Å². The molecule has 10 nitrogen and oxygen atoms in total. The first-order valence-electron chi connectivity index (χ1n) is 9.84. The van der Waals surface area contributed by atoms with Crippen molar-refractivity contribution < 1.29 is 18.1 Å². The van der Waals surface area contributed by atoms with Crippen LogP contribution in [0, 0.1) is 10.1 Å². The number of carbonyl (C=O) groups is 1. The lowest BCUT2D eigenvalue weighted by atomic mass is 10.2. The van der Waals surface area contributed by atoms with Crippen LogP contribution in [0.15, 0.2) is 53.4 Å². The number of sulfonamides is 1. The van der Waals surface area contributed by atoms with Crippen molar-refractivity contribution in [3.63, 3.8) is 0 Å². The number of amides is 1. The number of rotatable bonds is 6. The summed E-state index contributed by atoms with van der Waals surface area (Å²) in [7, 11) is -3.57. The Balaban J connectivity index is 1.46. The number of aromatic nitrogens is 2. The van der Waals surface area contributed by atoms with Gasteiger partial charge in [0, 0.05) is 36.3 Å². The Morgan fingerprint density at radius 1 is 1.06 bits per heavy atom. The summed E-state index contributed by atoms with van der Waals surface area (Å²) in [5, 5.41) is 22.1. The summed E-state index contributed by atoms with van der Waals surface area (Å²) in [6.45, 7) is 1.02. The van der Waals surface area contributed by atoms with Crippen LogP contribution in [0.25, 0.3) is 10.6 Å². The number of nitrogens with one attached hydrogen (secondary N) is 1. The molecule has 1 fully saturated rings. The molecule has 1 aromatic heterocycles. The molecule has 32 heavy (non-hydrogen) atoms. The zero-order valence-electron chi connectivity index (χ0n) is 16.8. The second kappa shape index (κ2) is 9.10. The van der Waals surface area contributed by atoms with E-state index in [4.69, 9.17) is 0 Å². The third-order valence-electron chi connectivity index (χ3n) is 5.02. The first kappa shape index (κ1) is 22.0. The first-order valence-corrected chi connectivity index (χ1v) is 12.1. The molecule has 0 radical (unpaired) electrons. The summed E-state index contributed by atoms with van der Waals surface area (Å²) in [5.74, 6) is -0.464. The van der Waals surface area contributed by atoms with Gasteiger partial charge in [0.2, 0.25) is 15.2 Å². The number of nitrogens with zero attached hydrogens (tertiary/aromatic N) is 4. The van der Waals surface area contributed by atoms with Gasteiger partial charge in [-0.15, -0.1) is 10.2 Å². The van der Waals surface area contributed by atoms with Gasteiger partial charge >= 0.3 is 0 Å². The molecule has 1 N–H and O–H groups in total. The maximum Gasteiger partial charge on any atom is 0.270 e. The number of carbonyl (C=O) groups excluding carboxylic acids is 1. The van der Waals surface area contributed by atoms with Crippen LogP contribution in [0.2, 0.25) is 0 Å². The van der Waals surface area contributed by atoms with Crippen molar-refractivity contribution in [2.45, 2.75) is 24.2 Å². The maximum atomic E-state index is 12.7. The Bertz CT molecular complexity index is 1250. The van der Waals surface area contributed by atoms with Crippen molar-refractivity contribution in [3.05, 3.63) is 64.2 Å². The normalized spacial score (nSPS) is 14.8. The lowest BCUT2D eigenvalue weighted by Crippen LogP contribution is -2.35. The standard InChI is InChI=1S/C20H19N5O5S2/c26-18(14-7-9-17(10-8-14)32(29,30)24-11-2-1-3-12-24)21-20-23-22-19(31-20)15-5-4-6-16(13-15)25(27)28/h4-10,13H,1-3,11-12H2,(H,21,23,26). The van der Waals surface area contributed by atoms with E-state index in [2.05, 4.69) is 15.5 Å². The zero-order chi connectivity index (χ0) is 22.7.